The average molecular weight is 664 g/mol. The van der Waals surface area contributed by atoms with Crippen molar-refractivity contribution in [1.82, 2.24) is 30.4 Å². The molecule has 0 bridgehead atoms. The van der Waals surface area contributed by atoms with Gasteiger partial charge in [0, 0.05) is 54.4 Å². The highest BCUT2D eigenvalue weighted by Crippen LogP contribution is 2.34. The Hall–Kier alpha value is -4.80. The third-order valence-electron chi connectivity index (χ3n) is 9.58. The summed E-state index contributed by atoms with van der Waals surface area (Å²) in [5, 5.41) is 29.1. The largest absolute Gasteiger partial charge is 0.618 e. The van der Waals surface area contributed by atoms with E-state index in [1.165, 1.54) is 11.9 Å². The topological polar surface area (TPSA) is 112 Å². The number of piperidine rings is 1. The number of amides is 2. The van der Waals surface area contributed by atoms with Crippen LogP contribution in [-0.2, 0) is 11.2 Å². The molecule has 3 aromatic carbocycles. The molecule has 0 aliphatic carbocycles. The van der Waals surface area contributed by atoms with Crippen molar-refractivity contribution in [2.75, 3.05) is 32.8 Å². The maximum atomic E-state index is 13.9. The Kier molecular flexibility index (Phi) is 9.62. The minimum absolute atomic E-state index is 0.0170. The van der Waals surface area contributed by atoms with Gasteiger partial charge in [-0.25, -0.2) is 4.79 Å². The third kappa shape index (κ3) is 7.19. The van der Waals surface area contributed by atoms with E-state index in [4.69, 9.17) is 16.3 Å². The third-order valence-corrected chi connectivity index (χ3v) is 9.82. The molecule has 246 valence electrons. The molecule has 5 aromatic rings. The van der Waals surface area contributed by atoms with Crippen molar-refractivity contribution in [3.05, 3.63) is 130 Å². The van der Waals surface area contributed by atoms with E-state index >= 15 is 0 Å². The van der Waals surface area contributed by atoms with Crippen molar-refractivity contribution in [2.24, 2.45) is 5.92 Å². The number of benzene rings is 3. The molecule has 48 heavy (non-hydrogen) atoms. The van der Waals surface area contributed by atoms with Crippen molar-refractivity contribution in [2.45, 2.75) is 37.5 Å². The molecule has 0 radical (unpaired) electrons. The molecule has 2 amide bonds. The number of tetrazole rings is 1. The number of nitrogens with zero attached hydrogens (tertiary/aromatic N) is 6. The number of carbonyl (C=O) groups excluding carboxylic acids is 1. The lowest BCUT2D eigenvalue weighted by atomic mass is 9.84. The summed E-state index contributed by atoms with van der Waals surface area (Å²) in [4.78, 5) is 14.8. The van der Waals surface area contributed by atoms with Crippen LogP contribution in [0.15, 0.2) is 97.5 Å². The molecule has 1 N–H and O–H groups in total. The monoisotopic (exact) mass is 663 g/mol. The highest BCUT2D eigenvalue weighted by atomic mass is 35.5. The van der Waals surface area contributed by atoms with Gasteiger partial charge in [0.1, 0.15) is 6.33 Å². The first-order chi connectivity index (χ1) is 23.5. The zero-order valence-corrected chi connectivity index (χ0v) is 27.4. The maximum absolute atomic E-state index is 13.9. The molecule has 7 rings (SSSR count). The van der Waals surface area contributed by atoms with Crippen molar-refractivity contribution in [3.63, 3.8) is 0 Å². The van der Waals surface area contributed by atoms with Gasteiger partial charge in [0.15, 0.2) is 6.20 Å². The lowest BCUT2D eigenvalue weighted by Gasteiger charge is -2.33. The Balaban J connectivity index is 1.13. The highest BCUT2D eigenvalue weighted by molar-refractivity contribution is 6.31. The molecule has 2 aliphatic heterocycles. The van der Waals surface area contributed by atoms with Crippen LogP contribution in [0, 0.1) is 11.1 Å². The molecule has 0 saturated carbocycles. The first-order valence-corrected chi connectivity index (χ1v) is 16.9. The minimum Gasteiger partial charge on any atom is -0.618 e. The number of rotatable bonds is 9. The summed E-state index contributed by atoms with van der Waals surface area (Å²) in [5.74, 6) is 0.570. The normalized spacial score (nSPS) is 17.4. The molecule has 11 heteroatoms. The second kappa shape index (κ2) is 14.5. The predicted octanol–water partition coefficient (Wildman–Crippen LogP) is 5.92. The van der Waals surface area contributed by atoms with Crippen LogP contribution in [0.4, 0.5) is 4.79 Å². The number of nitrogens with one attached hydrogen (secondary N) is 1. The smallest absolute Gasteiger partial charge is 0.317 e. The molecule has 2 atom stereocenters. The van der Waals surface area contributed by atoms with Gasteiger partial charge in [-0.15, -0.1) is 5.10 Å². The SMILES string of the molecule is O=C(NCC1CCOC1)N1CCC(c2cccc(C(Cc3ccccc3)c3ccc(-c4cc(Cl)ccc4-n4cnnn4)c[n+]3[O-])c2)CC1. The first kappa shape index (κ1) is 31.8. The average Bonchev–Trinajstić information content (AvgIpc) is 3.86. The fourth-order valence-electron chi connectivity index (χ4n) is 6.91. The summed E-state index contributed by atoms with van der Waals surface area (Å²) in [7, 11) is 0. The van der Waals surface area contributed by atoms with Gasteiger partial charge >= 0.3 is 6.03 Å². The summed E-state index contributed by atoms with van der Waals surface area (Å²) < 4.78 is 7.98. The van der Waals surface area contributed by atoms with Crippen molar-refractivity contribution >= 4 is 17.6 Å². The number of carbonyl (C=O) groups is 1. The lowest BCUT2D eigenvalue weighted by Crippen LogP contribution is -2.45. The Morgan fingerprint density at radius 2 is 1.88 bits per heavy atom. The quantitative estimate of drug-likeness (QED) is 0.155. The second-order valence-electron chi connectivity index (χ2n) is 12.7. The molecule has 4 heterocycles. The number of pyridine rings is 1. The van der Waals surface area contributed by atoms with E-state index in [1.54, 1.807) is 16.9 Å². The van der Waals surface area contributed by atoms with Gasteiger partial charge in [-0.3, -0.25) is 0 Å². The number of urea groups is 1. The lowest BCUT2D eigenvalue weighted by molar-refractivity contribution is -0.614. The summed E-state index contributed by atoms with van der Waals surface area (Å²) in [6, 6.07) is 28.2. The van der Waals surface area contributed by atoms with Crippen LogP contribution in [0.3, 0.4) is 0 Å². The van der Waals surface area contributed by atoms with E-state index in [-0.39, 0.29) is 11.9 Å². The van der Waals surface area contributed by atoms with Crippen LogP contribution in [0.2, 0.25) is 5.02 Å². The van der Waals surface area contributed by atoms with Crippen LogP contribution in [0.5, 0.6) is 0 Å². The summed E-state index contributed by atoms with van der Waals surface area (Å²) in [6.07, 6.45) is 6.59. The van der Waals surface area contributed by atoms with Crippen molar-refractivity contribution < 1.29 is 14.3 Å². The molecule has 2 saturated heterocycles. The Labute approximate surface area is 284 Å². The highest BCUT2D eigenvalue weighted by Gasteiger charge is 2.28. The van der Waals surface area contributed by atoms with Crippen LogP contribution >= 0.6 is 11.6 Å². The Morgan fingerprint density at radius 1 is 1.02 bits per heavy atom. The number of aromatic nitrogens is 5. The summed E-state index contributed by atoms with van der Waals surface area (Å²) >= 11 is 6.39. The molecular formula is C37H38ClN7O3. The van der Waals surface area contributed by atoms with Gasteiger partial charge in [-0.05, 0) is 83.0 Å². The van der Waals surface area contributed by atoms with E-state index in [0.717, 1.165) is 59.6 Å². The molecule has 10 nitrogen and oxygen atoms in total. The van der Waals surface area contributed by atoms with Gasteiger partial charge in [0.05, 0.1) is 18.2 Å². The number of hydrogen-bond donors (Lipinski definition) is 1. The predicted molar refractivity (Wildman–Crippen MR) is 183 cm³/mol. The molecule has 2 aliphatic rings. The summed E-state index contributed by atoms with van der Waals surface area (Å²) in [6.45, 7) is 3.61. The van der Waals surface area contributed by atoms with E-state index < -0.39 is 0 Å². The van der Waals surface area contributed by atoms with Gasteiger partial charge in [0.2, 0.25) is 5.69 Å². The van der Waals surface area contributed by atoms with Crippen LogP contribution in [0.25, 0.3) is 16.8 Å². The van der Waals surface area contributed by atoms with Gasteiger partial charge in [-0.1, -0.05) is 66.2 Å². The van der Waals surface area contributed by atoms with E-state index in [9.17, 15) is 10.0 Å². The number of halogens is 1. The van der Waals surface area contributed by atoms with E-state index in [0.29, 0.717) is 54.2 Å². The molecule has 2 fully saturated rings. The fourth-order valence-corrected chi connectivity index (χ4v) is 7.08. The Morgan fingerprint density at radius 3 is 2.62 bits per heavy atom. The fraction of sp³-hybridized carbons (Fsp3) is 0.324. The standard InChI is InChI=1S/C37H38ClN7O3/c38-32-10-12-35(44-25-40-41-42-44)34(21-32)31-9-11-36(45(47)23-31)33(19-26-5-2-1-3-6-26)30-8-4-7-29(20-30)28-13-16-43(17-14-28)37(46)39-22-27-15-18-48-24-27/h1-12,20-21,23,25,27-28,33H,13-19,22,24H2,(H,39,46). The van der Waals surface area contributed by atoms with E-state index in [2.05, 4.69) is 57.2 Å². The van der Waals surface area contributed by atoms with Crippen molar-refractivity contribution in [3.8, 4) is 16.8 Å². The second-order valence-corrected chi connectivity index (χ2v) is 13.1. The number of likely N-dealkylation sites (tertiary alicyclic amines) is 1. The molecule has 2 unspecified atom stereocenters. The number of ether oxygens (including phenoxy) is 1. The van der Waals surface area contributed by atoms with Gasteiger partial charge in [-0.2, -0.15) is 9.41 Å². The molecular weight excluding hydrogens is 626 g/mol. The minimum atomic E-state index is -0.178. The summed E-state index contributed by atoms with van der Waals surface area (Å²) in [5.41, 5.74) is 6.32. The number of hydrogen-bond acceptors (Lipinski definition) is 6. The van der Waals surface area contributed by atoms with E-state index in [1.807, 2.05) is 47.4 Å². The Bertz CT molecular complexity index is 1840. The first-order valence-electron chi connectivity index (χ1n) is 16.5. The van der Waals surface area contributed by atoms with Crippen LogP contribution in [-0.4, -0.2) is 64.0 Å². The zero-order valence-electron chi connectivity index (χ0n) is 26.6. The van der Waals surface area contributed by atoms with Crippen molar-refractivity contribution in [1.29, 1.82) is 0 Å². The van der Waals surface area contributed by atoms with Crippen LogP contribution in [0.1, 0.15) is 53.5 Å². The maximum Gasteiger partial charge on any atom is 0.317 e. The molecule has 2 aromatic heterocycles. The van der Waals surface area contributed by atoms with Gasteiger partial charge in [0.25, 0.3) is 0 Å². The zero-order chi connectivity index (χ0) is 32.9. The molecule has 0 spiro atoms. The van der Waals surface area contributed by atoms with Crippen LogP contribution < -0.4 is 10.0 Å². The van der Waals surface area contributed by atoms with Gasteiger partial charge < -0.3 is 20.2 Å².